The van der Waals surface area contributed by atoms with Crippen LogP contribution in [0.15, 0.2) is 48.1 Å². The maximum absolute atomic E-state index is 6.01. The summed E-state index contributed by atoms with van der Waals surface area (Å²) in [6, 6.07) is 12.2. The summed E-state index contributed by atoms with van der Waals surface area (Å²) >= 11 is 7.66. The molecular weight excluding hydrogens is 302 g/mol. The molecule has 4 aromatic rings. The maximum Gasteiger partial charge on any atom is 0.0813 e. The van der Waals surface area contributed by atoms with Crippen molar-refractivity contribution in [1.29, 1.82) is 0 Å². The number of thiazole rings is 1. The minimum absolute atomic E-state index is 0.750. The number of fused-ring (bicyclic) bond motifs is 2. The van der Waals surface area contributed by atoms with Gasteiger partial charge < -0.3 is 10.3 Å². The number of nitrogens with zero attached hydrogens (tertiary/aromatic N) is 1. The van der Waals surface area contributed by atoms with Crippen molar-refractivity contribution >= 4 is 49.7 Å². The monoisotopic (exact) mass is 313 g/mol. The second kappa shape index (κ2) is 5.06. The number of anilines is 1. The fourth-order valence-corrected chi connectivity index (χ4v) is 3.36. The van der Waals surface area contributed by atoms with E-state index in [4.69, 9.17) is 11.6 Å². The van der Waals surface area contributed by atoms with Gasteiger partial charge in [-0.25, -0.2) is 4.98 Å². The fraction of sp³-hybridized carbons (Fsp3) is 0.0625. The Labute approximate surface area is 130 Å². The molecule has 0 aliphatic rings. The number of halogens is 1. The van der Waals surface area contributed by atoms with Crippen LogP contribution < -0.4 is 5.32 Å². The highest BCUT2D eigenvalue weighted by molar-refractivity contribution is 7.16. The molecule has 0 amide bonds. The van der Waals surface area contributed by atoms with Gasteiger partial charge in [-0.2, -0.15) is 0 Å². The van der Waals surface area contributed by atoms with Crippen molar-refractivity contribution in [1.82, 2.24) is 9.97 Å². The molecule has 0 unspecified atom stereocenters. The molecule has 0 fully saturated rings. The SMILES string of the molecule is Clc1ccc2c(CNc3ccc4ncsc4c3)c[nH]c2c1. The van der Waals surface area contributed by atoms with Gasteiger partial charge >= 0.3 is 0 Å². The van der Waals surface area contributed by atoms with Gasteiger partial charge in [0, 0.05) is 34.4 Å². The van der Waals surface area contributed by atoms with Gasteiger partial charge in [0.05, 0.1) is 15.7 Å². The van der Waals surface area contributed by atoms with Crippen molar-refractivity contribution in [2.75, 3.05) is 5.32 Å². The summed E-state index contributed by atoms with van der Waals surface area (Å²) in [7, 11) is 0. The van der Waals surface area contributed by atoms with Crippen LogP contribution in [-0.2, 0) is 6.54 Å². The number of hydrogen-bond acceptors (Lipinski definition) is 3. The molecule has 2 N–H and O–H groups in total. The minimum Gasteiger partial charge on any atom is -0.381 e. The Hall–Kier alpha value is -2.04. The zero-order valence-electron chi connectivity index (χ0n) is 11.1. The first-order valence-corrected chi connectivity index (χ1v) is 7.88. The van der Waals surface area contributed by atoms with Gasteiger partial charge in [0.15, 0.2) is 0 Å². The number of hydrogen-bond donors (Lipinski definition) is 2. The summed E-state index contributed by atoms with van der Waals surface area (Å²) in [6.45, 7) is 0.770. The number of H-pyrrole nitrogens is 1. The number of benzene rings is 2. The van der Waals surface area contributed by atoms with E-state index in [1.165, 1.54) is 15.6 Å². The molecule has 0 saturated heterocycles. The van der Waals surface area contributed by atoms with Crippen LogP contribution in [0.2, 0.25) is 5.02 Å². The van der Waals surface area contributed by atoms with Crippen molar-refractivity contribution in [3.63, 3.8) is 0 Å². The molecule has 104 valence electrons. The molecule has 0 aliphatic carbocycles. The Bertz CT molecular complexity index is 925. The van der Waals surface area contributed by atoms with Crippen LogP contribution in [0.3, 0.4) is 0 Å². The lowest BCUT2D eigenvalue weighted by molar-refractivity contribution is 1.16. The van der Waals surface area contributed by atoms with Crippen molar-refractivity contribution in [2.45, 2.75) is 6.54 Å². The molecule has 2 aromatic heterocycles. The summed E-state index contributed by atoms with van der Waals surface area (Å²) in [6.07, 6.45) is 2.03. The minimum atomic E-state index is 0.750. The van der Waals surface area contributed by atoms with Crippen LogP contribution in [-0.4, -0.2) is 9.97 Å². The van der Waals surface area contributed by atoms with Gasteiger partial charge in [-0.05, 0) is 35.9 Å². The zero-order chi connectivity index (χ0) is 14.2. The molecule has 0 aliphatic heterocycles. The van der Waals surface area contributed by atoms with Crippen molar-refractivity contribution in [2.24, 2.45) is 0 Å². The second-order valence-electron chi connectivity index (χ2n) is 4.89. The first-order valence-electron chi connectivity index (χ1n) is 6.62. The number of nitrogens with one attached hydrogen (secondary N) is 2. The van der Waals surface area contributed by atoms with E-state index in [9.17, 15) is 0 Å². The van der Waals surface area contributed by atoms with Gasteiger partial charge in [-0.1, -0.05) is 17.7 Å². The highest BCUT2D eigenvalue weighted by Crippen LogP contribution is 2.25. The first-order chi connectivity index (χ1) is 10.3. The smallest absolute Gasteiger partial charge is 0.0813 e. The van der Waals surface area contributed by atoms with Crippen LogP contribution in [0.4, 0.5) is 5.69 Å². The molecule has 21 heavy (non-hydrogen) atoms. The normalized spacial score (nSPS) is 11.3. The van der Waals surface area contributed by atoms with Gasteiger partial charge in [-0.15, -0.1) is 11.3 Å². The Balaban J connectivity index is 1.60. The largest absolute Gasteiger partial charge is 0.381 e. The van der Waals surface area contributed by atoms with Gasteiger partial charge in [-0.3, -0.25) is 0 Å². The summed E-state index contributed by atoms with van der Waals surface area (Å²) in [4.78, 5) is 7.55. The summed E-state index contributed by atoms with van der Waals surface area (Å²) in [5.41, 5.74) is 6.32. The van der Waals surface area contributed by atoms with Crippen molar-refractivity contribution in [3.05, 3.63) is 58.7 Å². The molecule has 4 rings (SSSR count). The molecule has 0 radical (unpaired) electrons. The van der Waals surface area contributed by atoms with Gasteiger partial charge in [0.1, 0.15) is 0 Å². The van der Waals surface area contributed by atoms with Gasteiger partial charge in [0.2, 0.25) is 0 Å². The lowest BCUT2D eigenvalue weighted by Crippen LogP contribution is -1.98. The van der Waals surface area contributed by atoms with Crippen LogP contribution in [0, 0.1) is 0 Å². The highest BCUT2D eigenvalue weighted by atomic mass is 35.5. The summed E-state index contributed by atoms with van der Waals surface area (Å²) < 4.78 is 1.20. The van der Waals surface area contributed by atoms with Gasteiger partial charge in [0.25, 0.3) is 0 Å². The van der Waals surface area contributed by atoms with Crippen LogP contribution >= 0.6 is 22.9 Å². The van der Waals surface area contributed by atoms with Crippen molar-refractivity contribution < 1.29 is 0 Å². The Morgan fingerprint density at radius 1 is 1.19 bits per heavy atom. The third kappa shape index (κ3) is 2.37. The van der Waals surface area contributed by atoms with E-state index in [1.807, 2.05) is 29.9 Å². The molecule has 3 nitrogen and oxygen atoms in total. The number of aromatic amines is 1. The van der Waals surface area contributed by atoms with Crippen molar-refractivity contribution in [3.8, 4) is 0 Å². The highest BCUT2D eigenvalue weighted by Gasteiger charge is 2.04. The molecule has 0 saturated carbocycles. The Morgan fingerprint density at radius 2 is 2.14 bits per heavy atom. The maximum atomic E-state index is 6.01. The molecule has 0 atom stereocenters. The van der Waals surface area contributed by atoms with Crippen LogP contribution in [0.25, 0.3) is 21.1 Å². The topological polar surface area (TPSA) is 40.7 Å². The van der Waals surface area contributed by atoms with E-state index in [0.29, 0.717) is 0 Å². The van der Waals surface area contributed by atoms with E-state index in [1.54, 1.807) is 11.3 Å². The molecule has 0 bridgehead atoms. The van der Waals surface area contributed by atoms with E-state index in [0.717, 1.165) is 28.3 Å². The predicted octanol–water partition coefficient (Wildman–Crippen LogP) is 5.04. The Morgan fingerprint density at radius 3 is 3.10 bits per heavy atom. The lowest BCUT2D eigenvalue weighted by atomic mass is 10.1. The predicted molar refractivity (Wildman–Crippen MR) is 90.3 cm³/mol. The van der Waals surface area contributed by atoms with E-state index in [2.05, 4.69) is 33.5 Å². The Kier molecular flexibility index (Phi) is 3.05. The first kappa shape index (κ1) is 12.7. The molecule has 2 heterocycles. The zero-order valence-corrected chi connectivity index (χ0v) is 12.6. The third-order valence-corrected chi connectivity index (χ3v) is 4.57. The van der Waals surface area contributed by atoms with E-state index >= 15 is 0 Å². The fourth-order valence-electron chi connectivity index (χ4n) is 2.47. The molecule has 2 aromatic carbocycles. The second-order valence-corrected chi connectivity index (χ2v) is 6.22. The summed E-state index contributed by atoms with van der Waals surface area (Å²) in [5, 5.41) is 5.41. The van der Waals surface area contributed by atoms with Crippen LogP contribution in [0.5, 0.6) is 0 Å². The molecule has 0 spiro atoms. The van der Waals surface area contributed by atoms with Crippen LogP contribution in [0.1, 0.15) is 5.56 Å². The molecular formula is C16H12ClN3S. The standard InChI is InChI=1S/C16H12ClN3S/c17-11-1-3-13-10(8-19-15(13)5-11)7-18-12-2-4-14-16(6-12)21-9-20-14/h1-6,8-9,18-19H,7H2. The third-order valence-electron chi connectivity index (χ3n) is 3.54. The quantitative estimate of drug-likeness (QED) is 0.556. The number of aromatic nitrogens is 2. The van der Waals surface area contributed by atoms with E-state index < -0.39 is 0 Å². The lowest BCUT2D eigenvalue weighted by Gasteiger charge is -2.05. The number of rotatable bonds is 3. The van der Waals surface area contributed by atoms with E-state index in [-0.39, 0.29) is 0 Å². The summed E-state index contributed by atoms with van der Waals surface area (Å²) in [5.74, 6) is 0. The average Bonchev–Trinajstić information content (AvgIpc) is 3.10. The molecule has 5 heteroatoms. The average molecular weight is 314 g/mol.